The van der Waals surface area contributed by atoms with Crippen LogP contribution in [0.4, 0.5) is 0 Å². The van der Waals surface area contributed by atoms with Crippen LogP contribution >= 0.6 is 0 Å². The molecule has 0 atom stereocenters. The second-order valence-corrected chi connectivity index (χ2v) is 10.5. The monoisotopic (exact) mass is 342 g/mol. The maximum absolute atomic E-state index is 11.1. The van der Waals surface area contributed by atoms with Crippen molar-refractivity contribution in [2.45, 2.75) is 23.3 Å². The van der Waals surface area contributed by atoms with E-state index in [4.69, 9.17) is 10.2 Å². The zero-order valence-electron chi connectivity index (χ0n) is 7.76. The quantitative estimate of drug-likeness (QED) is 0.587. The van der Waals surface area contributed by atoms with Gasteiger partial charge in [0.2, 0.25) is 0 Å². The van der Waals surface area contributed by atoms with Gasteiger partial charge in [-0.15, -0.1) is 0 Å². The SMILES string of the molecule is O=C(O)C[CH2][Ge](=[O])[O][Ge](=[O])[CH2]CC(=O)O. The molecule has 0 spiro atoms. The van der Waals surface area contributed by atoms with Gasteiger partial charge in [-0.3, -0.25) is 0 Å². The Labute approximate surface area is 94.7 Å². The van der Waals surface area contributed by atoms with Gasteiger partial charge in [0.1, 0.15) is 0 Å². The molecule has 0 aromatic heterocycles. The molecule has 0 aromatic carbocycles. The van der Waals surface area contributed by atoms with Crippen molar-refractivity contribution in [1.82, 2.24) is 0 Å². The summed E-state index contributed by atoms with van der Waals surface area (Å²) in [5.74, 6) is -2.17. The average Bonchev–Trinajstić information content (AvgIpc) is 2.11. The number of aliphatic carboxylic acids is 2. The molecule has 15 heavy (non-hydrogen) atoms. The predicted molar refractivity (Wildman–Crippen MR) is 48.1 cm³/mol. The van der Waals surface area contributed by atoms with E-state index in [9.17, 15) is 17.1 Å². The summed E-state index contributed by atoms with van der Waals surface area (Å²) in [5.41, 5.74) is 0. The topological polar surface area (TPSA) is 118 Å². The van der Waals surface area contributed by atoms with Crippen LogP contribution in [0.2, 0.25) is 10.5 Å². The van der Waals surface area contributed by atoms with Crippen molar-refractivity contribution < 1.29 is 30.1 Å². The molecule has 0 aliphatic carbocycles. The van der Waals surface area contributed by atoms with Gasteiger partial charge < -0.3 is 0 Å². The van der Waals surface area contributed by atoms with Crippen LogP contribution in [0.1, 0.15) is 12.8 Å². The van der Waals surface area contributed by atoms with Gasteiger partial charge in [-0.2, -0.15) is 0 Å². The molecule has 0 saturated carbocycles. The molecule has 2 N–H and O–H groups in total. The minimum atomic E-state index is -3.20. The summed E-state index contributed by atoms with van der Waals surface area (Å²) >= 11 is -6.40. The third-order valence-electron chi connectivity index (χ3n) is 1.31. The van der Waals surface area contributed by atoms with Crippen LogP contribution in [0.3, 0.4) is 0 Å². The van der Waals surface area contributed by atoms with E-state index in [1.165, 1.54) is 0 Å². The van der Waals surface area contributed by atoms with Gasteiger partial charge in [0.05, 0.1) is 0 Å². The molecule has 0 aliphatic heterocycles. The van der Waals surface area contributed by atoms with Crippen molar-refractivity contribution in [1.29, 1.82) is 0 Å². The second-order valence-electron chi connectivity index (χ2n) is 2.63. The molecule has 7 nitrogen and oxygen atoms in total. The Balaban J connectivity index is 3.71. The van der Waals surface area contributed by atoms with Crippen molar-refractivity contribution in [2.24, 2.45) is 0 Å². The van der Waals surface area contributed by atoms with Crippen LogP contribution in [0.15, 0.2) is 0 Å². The van der Waals surface area contributed by atoms with E-state index >= 15 is 0 Å². The van der Waals surface area contributed by atoms with E-state index in [2.05, 4.69) is 2.79 Å². The van der Waals surface area contributed by atoms with Gasteiger partial charge in [-0.05, 0) is 0 Å². The Morgan fingerprint density at radius 1 is 0.933 bits per heavy atom. The van der Waals surface area contributed by atoms with Gasteiger partial charge in [0, 0.05) is 0 Å². The summed E-state index contributed by atoms with van der Waals surface area (Å²) in [5, 5.41) is 16.3. The zero-order chi connectivity index (χ0) is 11.8. The fourth-order valence-electron chi connectivity index (χ4n) is 0.647. The predicted octanol–water partition coefficient (Wildman–Crippen LogP) is -0.210. The molecule has 9 heteroatoms. The first-order valence-electron chi connectivity index (χ1n) is 4.09. The molecule has 0 aliphatic rings. The summed E-state index contributed by atoms with van der Waals surface area (Å²) in [7, 11) is 0. The number of hydrogen-bond donors (Lipinski definition) is 2. The standard InChI is InChI=1S/C6H10Ge2O7/c9-5(10)1-3-7(13)15-8(14)4-2-6(11)12/h1-4H2,(H,9,10)(H,11,12). The molecule has 0 unspecified atom stereocenters. The summed E-state index contributed by atoms with van der Waals surface area (Å²) in [6.07, 6.45) is -0.549. The number of carboxylic acid groups (broad SMARTS) is 2. The molecule has 0 fully saturated rings. The van der Waals surface area contributed by atoms with Crippen molar-refractivity contribution in [3.05, 3.63) is 0 Å². The minimum absolute atomic E-state index is 0.0961. The average molecular weight is 339 g/mol. The normalized spacial score (nSPS) is 9.33. The van der Waals surface area contributed by atoms with Gasteiger partial charge in [0.25, 0.3) is 0 Å². The number of carbonyl (C=O) groups is 2. The van der Waals surface area contributed by atoms with Crippen LogP contribution in [0.25, 0.3) is 0 Å². The summed E-state index contributed by atoms with van der Waals surface area (Å²) in [6, 6.07) is 0. The third-order valence-corrected chi connectivity index (χ3v) is 10.00. The molecule has 0 aromatic rings. The van der Waals surface area contributed by atoms with Gasteiger partial charge in [0.15, 0.2) is 0 Å². The van der Waals surface area contributed by atoms with Gasteiger partial charge in [-0.1, -0.05) is 0 Å². The van der Waals surface area contributed by atoms with Crippen molar-refractivity contribution in [3.8, 4) is 0 Å². The first kappa shape index (κ1) is 14.4. The van der Waals surface area contributed by atoms with E-state index in [0.29, 0.717) is 0 Å². The van der Waals surface area contributed by atoms with Crippen LogP contribution in [-0.2, 0) is 19.9 Å². The molecule has 0 rings (SSSR count). The van der Waals surface area contributed by atoms with E-state index in [-0.39, 0.29) is 23.3 Å². The van der Waals surface area contributed by atoms with Crippen LogP contribution in [-0.4, -0.2) is 51.4 Å². The fourth-order valence-corrected chi connectivity index (χ4v) is 8.36. The molecule has 0 saturated heterocycles. The Bertz CT molecular complexity index is 259. The van der Waals surface area contributed by atoms with Crippen LogP contribution in [0.5, 0.6) is 0 Å². The van der Waals surface area contributed by atoms with E-state index in [1.54, 1.807) is 0 Å². The van der Waals surface area contributed by atoms with Gasteiger partial charge >= 0.3 is 94.7 Å². The Hall–Kier alpha value is -0.574. The van der Waals surface area contributed by atoms with Crippen LogP contribution in [0, 0.1) is 0 Å². The Morgan fingerprint density at radius 2 is 1.27 bits per heavy atom. The summed E-state index contributed by atoms with van der Waals surface area (Å²) in [6.45, 7) is 0. The zero-order valence-corrected chi connectivity index (χ0v) is 12.0. The first-order chi connectivity index (χ1) is 6.91. The van der Waals surface area contributed by atoms with Gasteiger partial charge in [-0.25, -0.2) is 0 Å². The van der Waals surface area contributed by atoms with Crippen molar-refractivity contribution in [3.63, 3.8) is 0 Å². The third kappa shape index (κ3) is 9.72. The molecular formula is C6H10Ge2O7. The van der Waals surface area contributed by atoms with Crippen molar-refractivity contribution in [2.75, 3.05) is 0 Å². The van der Waals surface area contributed by atoms with E-state index in [1.807, 2.05) is 0 Å². The first-order valence-corrected chi connectivity index (χ1v) is 10.5. The molecule has 84 valence electrons. The summed E-state index contributed by atoms with van der Waals surface area (Å²) < 4.78 is 26.8. The Morgan fingerprint density at radius 3 is 1.53 bits per heavy atom. The Kier molecular flexibility index (Phi) is 7.39. The van der Waals surface area contributed by atoms with Crippen LogP contribution < -0.4 is 0 Å². The van der Waals surface area contributed by atoms with Crippen molar-refractivity contribution >= 4 is 41.2 Å². The number of carboxylic acids is 2. The number of rotatable bonds is 8. The molecule has 0 amide bonds. The number of hydrogen-bond acceptors (Lipinski definition) is 5. The second kappa shape index (κ2) is 7.68. The van der Waals surface area contributed by atoms with E-state index < -0.39 is 41.2 Å². The molecule has 0 bridgehead atoms. The summed E-state index contributed by atoms with van der Waals surface area (Å²) in [4.78, 5) is 20.2. The van der Waals surface area contributed by atoms with E-state index in [0.717, 1.165) is 0 Å². The molecule has 0 radical (unpaired) electrons. The molecular weight excluding hydrogens is 329 g/mol. The fraction of sp³-hybridized carbons (Fsp3) is 0.667. The molecule has 0 heterocycles. The maximum atomic E-state index is 11.1.